The zero-order chi connectivity index (χ0) is 20.3. The number of rotatable bonds is 7. The second-order valence-corrected chi connectivity index (χ2v) is 7.36. The van der Waals surface area contributed by atoms with Crippen molar-refractivity contribution in [3.8, 4) is 5.75 Å². The normalized spacial score (nSPS) is 12.5. The van der Waals surface area contributed by atoms with Gasteiger partial charge in [-0.3, -0.25) is 4.79 Å². The van der Waals surface area contributed by atoms with Crippen LogP contribution in [0.1, 0.15) is 18.9 Å². The molecule has 0 fully saturated rings. The van der Waals surface area contributed by atoms with Gasteiger partial charge in [-0.1, -0.05) is 18.2 Å². The van der Waals surface area contributed by atoms with Crippen molar-refractivity contribution >= 4 is 27.6 Å². The van der Waals surface area contributed by atoms with E-state index in [-0.39, 0.29) is 11.5 Å². The second kappa shape index (κ2) is 8.44. The Balaban J connectivity index is 1.80. The number of carbonyl (C=O) groups is 1. The number of amides is 1. The number of hydrogen-bond acceptors (Lipinski definition) is 4. The second-order valence-electron chi connectivity index (χ2n) is 7.36. The van der Waals surface area contributed by atoms with Gasteiger partial charge in [-0.05, 0) is 37.4 Å². The monoisotopic (exact) mass is 383 g/mol. The molecule has 2 N–H and O–H groups in total. The molecule has 1 atom stereocenters. The first-order valence-electron chi connectivity index (χ1n) is 9.57. The van der Waals surface area contributed by atoms with Gasteiger partial charge in [0.05, 0.1) is 26.0 Å². The molecule has 0 aliphatic heterocycles. The molecule has 2 aromatic carbocycles. The van der Waals surface area contributed by atoms with Gasteiger partial charge in [-0.15, -0.1) is 0 Å². The van der Waals surface area contributed by atoms with Crippen molar-refractivity contribution in [3.05, 3.63) is 52.4 Å². The fourth-order valence-electron chi connectivity index (χ4n) is 3.23. The van der Waals surface area contributed by atoms with Crippen LogP contribution in [0, 0.1) is 6.92 Å². The van der Waals surface area contributed by atoms with Crippen LogP contribution in [-0.2, 0) is 4.79 Å². The molecule has 6 heteroatoms. The quantitative estimate of drug-likeness (QED) is 0.370. The fourth-order valence-corrected chi connectivity index (χ4v) is 3.23. The Hall–Kier alpha value is -2.86. The van der Waals surface area contributed by atoms with E-state index in [0.29, 0.717) is 28.8 Å². The molecule has 1 aromatic heterocycles. The van der Waals surface area contributed by atoms with Crippen molar-refractivity contribution in [3.63, 3.8) is 0 Å². The number of aryl methyl sites for hydroxylation is 1. The van der Waals surface area contributed by atoms with Gasteiger partial charge in [0.25, 0.3) is 5.91 Å². The SMILES string of the molecule is Cc1c(O[C@H](C)C(=O)NCCC[NH+](C)C)ccc2c1oc(=O)c1ccccc12. The summed E-state index contributed by atoms with van der Waals surface area (Å²) in [4.78, 5) is 25.9. The molecule has 0 unspecified atom stereocenters. The van der Waals surface area contributed by atoms with E-state index in [1.165, 1.54) is 4.90 Å². The standard InChI is InChI=1S/C22H26N2O4/c1-14-19(27-15(2)21(25)23-12-7-13-24(3)4)11-10-17-16-8-5-6-9-18(16)22(26)28-20(14)17/h5-6,8-11,15H,7,12-13H2,1-4H3,(H,23,25)/p+1/t15-/m1/s1. The first kappa shape index (κ1) is 19.9. The van der Waals surface area contributed by atoms with Crippen molar-refractivity contribution in [1.82, 2.24) is 5.32 Å². The molecule has 0 aliphatic rings. The van der Waals surface area contributed by atoms with Crippen LogP contribution in [0.4, 0.5) is 0 Å². The minimum atomic E-state index is -0.643. The summed E-state index contributed by atoms with van der Waals surface area (Å²) in [5.74, 6) is 0.375. The molecule has 3 rings (SSSR count). The van der Waals surface area contributed by atoms with Gasteiger partial charge < -0.3 is 19.4 Å². The number of quaternary nitrogens is 1. The Morgan fingerprint density at radius 2 is 1.86 bits per heavy atom. The van der Waals surface area contributed by atoms with Crippen LogP contribution in [0.25, 0.3) is 21.7 Å². The van der Waals surface area contributed by atoms with Crippen molar-refractivity contribution in [2.75, 3.05) is 27.2 Å². The predicted molar refractivity (Wildman–Crippen MR) is 110 cm³/mol. The van der Waals surface area contributed by atoms with E-state index in [1.54, 1.807) is 13.0 Å². The predicted octanol–water partition coefficient (Wildman–Crippen LogP) is 1.67. The minimum absolute atomic E-state index is 0.159. The van der Waals surface area contributed by atoms with Gasteiger partial charge in [-0.2, -0.15) is 0 Å². The molecule has 0 saturated heterocycles. The van der Waals surface area contributed by atoms with Crippen LogP contribution in [0.15, 0.2) is 45.6 Å². The number of benzene rings is 2. The van der Waals surface area contributed by atoms with Crippen LogP contribution in [-0.4, -0.2) is 39.2 Å². The van der Waals surface area contributed by atoms with E-state index >= 15 is 0 Å². The van der Waals surface area contributed by atoms with Gasteiger partial charge in [0.2, 0.25) is 0 Å². The average molecular weight is 383 g/mol. The first-order chi connectivity index (χ1) is 13.4. The van der Waals surface area contributed by atoms with Crippen LogP contribution >= 0.6 is 0 Å². The van der Waals surface area contributed by atoms with E-state index in [2.05, 4.69) is 19.4 Å². The first-order valence-corrected chi connectivity index (χ1v) is 9.57. The zero-order valence-corrected chi connectivity index (χ0v) is 16.8. The van der Waals surface area contributed by atoms with E-state index in [9.17, 15) is 9.59 Å². The lowest BCUT2D eigenvalue weighted by Gasteiger charge is -2.17. The lowest BCUT2D eigenvalue weighted by molar-refractivity contribution is -0.858. The van der Waals surface area contributed by atoms with E-state index < -0.39 is 6.10 Å². The largest absolute Gasteiger partial charge is 0.480 e. The number of fused-ring (bicyclic) bond motifs is 3. The number of carbonyl (C=O) groups excluding carboxylic acids is 1. The van der Waals surface area contributed by atoms with Crippen LogP contribution in [0.3, 0.4) is 0 Å². The molecule has 1 amide bonds. The summed E-state index contributed by atoms with van der Waals surface area (Å²) >= 11 is 0. The zero-order valence-electron chi connectivity index (χ0n) is 16.8. The Morgan fingerprint density at radius 3 is 2.57 bits per heavy atom. The van der Waals surface area contributed by atoms with Crippen molar-refractivity contribution < 1.29 is 18.8 Å². The summed E-state index contributed by atoms with van der Waals surface area (Å²) in [6.07, 6.45) is 0.267. The molecule has 148 valence electrons. The third-order valence-corrected chi connectivity index (χ3v) is 4.81. The topological polar surface area (TPSA) is 73.0 Å². The third-order valence-electron chi connectivity index (χ3n) is 4.81. The summed E-state index contributed by atoms with van der Waals surface area (Å²) < 4.78 is 11.4. The summed E-state index contributed by atoms with van der Waals surface area (Å²) in [5, 5.41) is 5.14. The van der Waals surface area contributed by atoms with Crippen LogP contribution in [0.5, 0.6) is 5.75 Å². The summed E-state index contributed by atoms with van der Waals surface area (Å²) in [6.45, 7) is 5.16. The molecular weight excluding hydrogens is 356 g/mol. The molecule has 6 nitrogen and oxygen atoms in total. The summed E-state index contributed by atoms with van der Waals surface area (Å²) in [5.41, 5.74) is 0.816. The van der Waals surface area contributed by atoms with E-state index in [1.807, 2.05) is 37.3 Å². The maximum absolute atomic E-state index is 12.3. The maximum atomic E-state index is 12.3. The smallest absolute Gasteiger partial charge is 0.344 e. The van der Waals surface area contributed by atoms with Gasteiger partial charge in [-0.25, -0.2) is 4.79 Å². The van der Waals surface area contributed by atoms with E-state index in [4.69, 9.17) is 9.15 Å². The molecule has 1 heterocycles. The molecule has 28 heavy (non-hydrogen) atoms. The molecule has 0 bridgehead atoms. The lowest BCUT2D eigenvalue weighted by Crippen LogP contribution is -3.05. The van der Waals surface area contributed by atoms with Gasteiger partial charge in [0.15, 0.2) is 6.10 Å². The average Bonchev–Trinajstić information content (AvgIpc) is 2.67. The number of hydrogen-bond donors (Lipinski definition) is 2. The third kappa shape index (κ3) is 4.17. The molecule has 0 spiro atoms. The minimum Gasteiger partial charge on any atom is -0.480 e. The maximum Gasteiger partial charge on any atom is 0.344 e. The molecule has 0 saturated carbocycles. The van der Waals surface area contributed by atoms with Crippen molar-refractivity contribution in [1.29, 1.82) is 0 Å². The Morgan fingerprint density at radius 1 is 1.14 bits per heavy atom. The highest BCUT2D eigenvalue weighted by Gasteiger charge is 2.18. The van der Waals surface area contributed by atoms with Crippen molar-refractivity contribution in [2.45, 2.75) is 26.4 Å². The van der Waals surface area contributed by atoms with Gasteiger partial charge >= 0.3 is 5.63 Å². The number of ether oxygens (including phenoxy) is 1. The highest BCUT2D eigenvalue weighted by Crippen LogP contribution is 2.31. The molecular formula is C22H27N2O4+. The van der Waals surface area contributed by atoms with Crippen LogP contribution in [0.2, 0.25) is 0 Å². The fraction of sp³-hybridized carbons (Fsp3) is 0.364. The Bertz CT molecular complexity index is 1060. The summed E-state index contributed by atoms with van der Waals surface area (Å²) in [7, 11) is 4.16. The van der Waals surface area contributed by atoms with Crippen LogP contribution < -0.4 is 20.6 Å². The molecule has 0 aliphatic carbocycles. The highest BCUT2D eigenvalue weighted by atomic mass is 16.5. The lowest BCUT2D eigenvalue weighted by atomic mass is 10.0. The molecule has 0 radical (unpaired) electrons. The summed E-state index contributed by atoms with van der Waals surface area (Å²) in [6, 6.07) is 11.1. The Labute approximate surface area is 164 Å². The van der Waals surface area contributed by atoms with Gasteiger partial charge in [0.1, 0.15) is 11.3 Å². The highest BCUT2D eigenvalue weighted by molar-refractivity contribution is 6.05. The molecule has 3 aromatic rings. The van der Waals surface area contributed by atoms with Crippen molar-refractivity contribution in [2.24, 2.45) is 0 Å². The van der Waals surface area contributed by atoms with Gasteiger partial charge in [0, 0.05) is 23.9 Å². The number of nitrogens with one attached hydrogen (secondary N) is 2. The Kier molecular flexibility index (Phi) is 5.99. The van der Waals surface area contributed by atoms with E-state index in [0.717, 1.165) is 23.7 Å².